The van der Waals surface area contributed by atoms with Gasteiger partial charge < -0.3 is 0 Å². The Kier molecular flexibility index (Phi) is 4.00. The second-order valence-electron chi connectivity index (χ2n) is 6.99. The monoisotopic (exact) mass is 361 g/mol. The van der Waals surface area contributed by atoms with E-state index in [0.29, 0.717) is 10.9 Å². The number of pyridine rings is 1. The molecule has 0 bridgehead atoms. The highest BCUT2D eigenvalue weighted by Gasteiger charge is 2.29. The zero-order valence-electron chi connectivity index (χ0n) is 15.2. The molecule has 2 atom stereocenters. The molecule has 134 valence electrons. The number of aromatic nitrogens is 1. The molecule has 2 heterocycles. The molecule has 4 rings (SSSR count). The highest BCUT2D eigenvalue weighted by atomic mass is 19.2. The molecule has 0 fully saturated rings. The van der Waals surface area contributed by atoms with Crippen molar-refractivity contribution in [1.29, 1.82) is 5.26 Å². The number of aliphatic imine (C=N–C) groups is 1. The highest BCUT2D eigenvalue weighted by Crippen LogP contribution is 2.36. The van der Waals surface area contributed by atoms with Gasteiger partial charge in [0.2, 0.25) is 0 Å². The third-order valence-corrected chi connectivity index (χ3v) is 5.35. The predicted molar refractivity (Wildman–Crippen MR) is 101 cm³/mol. The molecule has 0 amide bonds. The van der Waals surface area contributed by atoms with Gasteiger partial charge in [0.25, 0.3) is 0 Å². The third-order valence-electron chi connectivity index (χ3n) is 5.35. The maximum Gasteiger partial charge on any atom is 0.184 e. The summed E-state index contributed by atoms with van der Waals surface area (Å²) in [5, 5.41) is 10.2. The van der Waals surface area contributed by atoms with Crippen LogP contribution in [0, 0.1) is 29.9 Å². The zero-order valence-corrected chi connectivity index (χ0v) is 15.2. The molecule has 0 saturated carbocycles. The zero-order chi connectivity index (χ0) is 19.3. The first-order valence-electron chi connectivity index (χ1n) is 8.78. The smallest absolute Gasteiger partial charge is 0.184 e. The van der Waals surface area contributed by atoms with Gasteiger partial charge in [-0.25, -0.2) is 8.78 Å². The number of benzene rings is 2. The molecular formula is C22H17F2N3. The summed E-state index contributed by atoms with van der Waals surface area (Å²) in [6.07, 6.45) is 1.52. The van der Waals surface area contributed by atoms with Crippen molar-refractivity contribution in [3.05, 3.63) is 76.0 Å². The van der Waals surface area contributed by atoms with Gasteiger partial charge in [-0.15, -0.1) is 0 Å². The lowest BCUT2D eigenvalue weighted by atomic mass is 9.80. The van der Waals surface area contributed by atoms with Crippen molar-refractivity contribution in [2.24, 2.45) is 4.99 Å². The molecule has 0 unspecified atom stereocenters. The Morgan fingerprint density at radius 1 is 1.11 bits per heavy atom. The first kappa shape index (κ1) is 17.3. The Bertz CT molecular complexity index is 1160. The molecule has 0 spiro atoms. The molecule has 5 heteroatoms. The molecule has 0 aliphatic carbocycles. The summed E-state index contributed by atoms with van der Waals surface area (Å²) in [7, 11) is 0. The molecule has 3 aromatic rings. The minimum absolute atomic E-state index is 0.00146. The molecule has 1 aliphatic rings. The van der Waals surface area contributed by atoms with Gasteiger partial charge in [0, 0.05) is 28.6 Å². The van der Waals surface area contributed by atoms with E-state index in [9.17, 15) is 14.0 Å². The summed E-state index contributed by atoms with van der Waals surface area (Å²) in [6, 6.07) is 10.6. The normalized spacial score (nSPS) is 18.7. The van der Waals surface area contributed by atoms with Crippen LogP contribution in [0.15, 0.2) is 41.5 Å². The van der Waals surface area contributed by atoms with Gasteiger partial charge in [-0.1, -0.05) is 19.1 Å². The Hall–Kier alpha value is -3.13. The second kappa shape index (κ2) is 6.24. The first-order valence-corrected chi connectivity index (χ1v) is 8.78. The summed E-state index contributed by atoms with van der Waals surface area (Å²) in [5.41, 5.74) is 4.95. The molecule has 27 heavy (non-hydrogen) atoms. The van der Waals surface area contributed by atoms with Gasteiger partial charge in [-0.05, 0) is 43.2 Å². The van der Waals surface area contributed by atoms with Crippen LogP contribution >= 0.6 is 0 Å². The summed E-state index contributed by atoms with van der Waals surface area (Å²) >= 11 is 0. The van der Waals surface area contributed by atoms with Gasteiger partial charge in [0.05, 0.1) is 23.4 Å². The Morgan fingerprint density at radius 2 is 1.89 bits per heavy atom. The van der Waals surface area contributed by atoms with E-state index in [1.165, 1.54) is 12.3 Å². The minimum atomic E-state index is -0.950. The standard InChI is InChI=1S/C22H17F2N3/c1-11-4-6-16-19(17(11)9-25)12(2)13(3)27-21(16)15-8-14-5-7-18(23)20(24)22(14)26-10-15/h4-8,10,12-13H,1-3H3/t12-,13+/m1/s1. The van der Waals surface area contributed by atoms with E-state index in [1.807, 2.05) is 26.0 Å². The van der Waals surface area contributed by atoms with Crippen molar-refractivity contribution in [1.82, 2.24) is 4.98 Å². The summed E-state index contributed by atoms with van der Waals surface area (Å²) < 4.78 is 27.4. The quantitative estimate of drug-likeness (QED) is 0.610. The van der Waals surface area contributed by atoms with Crippen LogP contribution in [0.25, 0.3) is 10.9 Å². The van der Waals surface area contributed by atoms with Gasteiger partial charge >= 0.3 is 0 Å². The van der Waals surface area contributed by atoms with Gasteiger partial charge in [-0.3, -0.25) is 9.98 Å². The van der Waals surface area contributed by atoms with Crippen LogP contribution in [0.4, 0.5) is 8.78 Å². The Balaban J connectivity index is 1.96. The van der Waals surface area contributed by atoms with Crippen molar-refractivity contribution >= 4 is 16.6 Å². The van der Waals surface area contributed by atoms with Crippen LogP contribution in [0.5, 0.6) is 0 Å². The summed E-state index contributed by atoms with van der Waals surface area (Å²) in [4.78, 5) is 8.96. The third kappa shape index (κ3) is 2.60. The number of hydrogen-bond acceptors (Lipinski definition) is 3. The van der Waals surface area contributed by atoms with Crippen molar-refractivity contribution in [2.75, 3.05) is 0 Å². The number of aryl methyl sites for hydroxylation is 1. The van der Waals surface area contributed by atoms with Gasteiger partial charge in [0.15, 0.2) is 11.6 Å². The average molecular weight is 361 g/mol. The molecule has 1 aromatic heterocycles. The van der Waals surface area contributed by atoms with Crippen LogP contribution in [-0.4, -0.2) is 16.7 Å². The fourth-order valence-electron chi connectivity index (χ4n) is 3.68. The first-order chi connectivity index (χ1) is 12.9. The van der Waals surface area contributed by atoms with Crippen molar-refractivity contribution in [3.63, 3.8) is 0 Å². The predicted octanol–water partition coefficient (Wildman–Crippen LogP) is 5.04. The number of nitriles is 1. The topological polar surface area (TPSA) is 49.0 Å². The largest absolute Gasteiger partial charge is 0.280 e. The number of rotatable bonds is 1. The Labute approximate surface area is 156 Å². The maximum atomic E-state index is 14.0. The van der Waals surface area contributed by atoms with E-state index in [2.05, 4.69) is 18.0 Å². The summed E-state index contributed by atoms with van der Waals surface area (Å²) in [5.74, 6) is -1.76. The molecule has 1 aliphatic heterocycles. The van der Waals surface area contributed by atoms with Crippen molar-refractivity contribution in [2.45, 2.75) is 32.7 Å². The van der Waals surface area contributed by atoms with E-state index in [-0.39, 0.29) is 17.5 Å². The molecule has 2 aromatic carbocycles. The molecule has 3 nitrogen and oxygen atoms in total. The number of nitrogens with zero attached hydrogens (tertiary/aromatic N) is 3. The molecule has 0 radical (unpaired) electrons. The van der Waals surface area contributed by atoms with Gasteiger partial charge in [-0.2, -0.15) is 5.26 Å². The molecule has 0 N–H and O–H groups in total. The SMILES string of the molecule is Cc1ccc2c(c1C#N)[C@H](C)[C@H](C)N=C2c1cnc2c(F)c(F)ccc2c1. The lowest BCUT2D eigenvalue weighted by Crippen LogP contribution is -2.24. The molecular weight excluding hydrogens is 344 g/mol. The minimum Gasteiger partial charge on any atom is -0.280 e. The average Bonchev–Trinajstić information content (AvgIpc) is 2.67. The fraction of sp³-hybridized carbons (Fsp3) is 0.227. The maximum absolute atomic E-state index is 14.0. The number of hydrogen-bond donors (Lipinski definition) is 0. The van der Waals surface area contributed by atoms with Crippen LogP contribution < -0.4 is 0 Å². The van der Waals surface area contributed by atoms with E-state index < -0.39 is 11.6 Å². The van der Waals surface area contributed by atoms with E-state index >= 15 is 0 Å². The number of halogens is 2. The fourth-order valence-corrected chi connectivity index (χ4v) is 3.68. The van der Waals surface area contributed by atoms with Crippen LogP contribution in [0.2, 0.25) is 0 Å². The van der Waals surface area contributed by atoms with Crippen LogP contribution in [0.1, 0.15) is 47.6 Å². The van der Waals surface area contributed by atoms with Crippen LogP contribution in [0.3, 0.4) is 0 Å². The van der Waals surface area contributed by atoms with Crippen LogP contribution in [-0.2, 0) is 0 Å². The lowest BCUT2D eigenvalue weighted by molar-refractivity contribution is 0.515. The van der Waals surface area contributed by atoms with E-state index in [4.69, 9.17) is 4.99 Å². The van der Waals surface area contributed by atoms with Crippen molar-refractivity contribution < 1.29 is 8.78 Å². The number of fused-ring (bicyclic) bond motifs is 2. The van der Waals surface area contributed by atoms with E-state index in [1.54, 1.807) is 6.07 Å². The Morgan fingerprint density at radius 3 is 2.63 bits per heavy atom. The van der Waals surface area contributed by atoms with E-state index in [0.717, 1.165) is 34.0 Å². The van der Waals surface area contributed by atoms with Gasteiger partial charge in [0.1, 0.15) is 5.52 Å². The lowest BCUT2D eigenvalue weighted by Gasteiger charge is -2.29. The summed E-state index contributed by atoms with van der Waals surface area (Å²) in [6.45, 7) is 6.01. The molecule has 0 saturated heterocycles. The highest BCUT2D eigenvalue weighted by molar-refractivity contribution is 6.15. The second-order valence-corrected chi connectivity index (χ2v) is 6.99. The van der Waals surface area contributed by atoms with Crippen molar-refractivity contribution in [3.8, 4) is 6.07 Å².